The van der Waals surface area contributed by atoms with Gasteiger partial charge in [-0.3, -0.25) is 25.2 Å². The van der Waals surface area contributed by atoms with Crippen LogP contribution in [0.15, 0.2) is 41.0 Å². The molecule has 0 aliphatic carbocycles. The first kappa shape index (κ1) is 15.8. The molecule has 1 fully saturated rings. The minimum absolute atomic E-state index is 0.0521. The smallest absolute Gasteiger partial charge is 0.273 e. The van der Waals surface area contributed by atoms with Gasteiger partial charge in [-0.25, -0.2) is 0 Å². The third kappa shape index (κ3) is 3.15. The van der Waals surface area contributed by atoms with Crippen molar-refractivity contribution in [2.75, 3.05) is 11.4 Å². The molecule has 1 aliphatic rings. The number of carbonyl (C=O) groups excluding carboxylic acids is 3. The number of furan rings is 1. The highest BCUT2D eigenvalue weighted by Gasteiger charge is 2.22. The highest BCUT2D eigenvalue weighted by atomic mass is 16.3. The number of hydrazine groups is 1. The van der Waals surface area contributed by atoms with Crippen molar-refractivity contribution in [3.05, 3.63) is 53.5 Å². The molecule has 3 rings (SSSR count). The quantitative estimate of drug-likeness (QED) is 0.841. The van der Waals surface area contributed by atoms with Crippen LogP contribution in [0.1, 0.15) is 39.3 Å². The van der Waals surface area contributed by atoms with E-state index in [0.717, 1.165) is 6.42 Å². The molecule has 24 heavy (non-hydrogen) atoms. The number of hydrogen-bond acceptors (Lipinski definition) is 4. The second-order valence-corrected chi connectivity index (χ2v) is 5.50. The first-order valence-electron chi connectivity index (χ1n) is 7.61. The molecule has 0 spiro atoms. The lowest BCUT2D eigenvalue weighted by molar-refractivity contribution is -0.117. The number of aryl methyl sites for hydroxylation is 1. The topological polar surface area (TPSA) is 91.7 Å². The van der Waals surface area contributed by atoms with Crippen molar-refractivity contribution < 1.29 is 18.8 Å². The zero-order chi connectivity index (χ0) is 17.1. The molecule has 124 valence electrons. The van der Waals surface area contributed by atoms with Crippen molar-refractivity contribution in [2.45, 2.75) is 19.8 Å². The SMILES string of the molecule is Cc1occc1C(=O)NNC(=O)c1cccc(N2CCCC2=O)c1. The molecule has 0 saturated carbocycles. The molecule has 1 saturated heterocycles. The van der Waals surface area contributed by atoms with Crippen LogP contribution in [0.4, 0.5) is 5.69 Å². The third-order valence-corrected chi connectivity index (χ3v) is 3.89. The summed E-state index contributed by atoms with van der Waals surface area (Å²) in [6.07, 6.45) is 2.74. The van der Waals surface area contributed by atoms with Crippen LogP contribution in [-0.2, 0) is 4.79 Å². The molecule has 0 bridgehead atoms. The predicted octanol–water partition coefficient (Wildman–Crippen LogP) is 1.79. The Bertz CT molecular complexity index is 797. The van der Waals surface area contributed by atoms with Gasteiger partial charge in [0.1, 0.15) is 5.76 Å². The van der Waals surface area contributed by atoms with Gasteiger partial charge in [0.25, 0.3) is 11.8 Å². The Labute approximate surface area is 138 Å². The fourth-order valence-corrected chi connectivity index (χ4v) is 2.61. The Morgan fingerprint density at radius 3 is 2.62 bits per heavy atom. The van der Waals surface area contributed by atoms with Gasteiger partial charge in [0.05, 0.1) is 11.8 Å². The summed E-state index contributed by atoms with van der Waals surface area (Å²) in [7, 11) is 0. The maximum atomic E-state index is 12.2. The molecule has 0 atom stereocenters. The number of anilines is 1. The van der Waals surface area contributed by atoms with Gasteiger partial charge in [0.15, 0.2) is 0 Å². The summed E-state index contributed by atoms with van der Waals surface area (Å²) in [6.45, 7) is 2.31. The summed E-state index contributed by atoms with van der Waals surface area (Å²) in [5, 5.41) is 0. The van der Waals surface area contributed by atoms with Gasteiger partial charge in [0, 0.05) is 24.2 Å². The molecule has 0 unspecified atom stereocenters. The summed E-state index contributed by atoms with van der Waals surface area (Å²) < 4.78 is 5.05. The predicted molar refractivity (Wildman–Crippen MR) is 86.4 cm³/mol. The molecular formula is C17H17N3O4. The van der Waals surface area contributed by atoms with Crippen molar-refractivity contribution in [2.24, 2.45) is 0 Å². The molecule has 2 aromatic rings. The number of nitrogens with zero attached hydrogens (tertiary/aromatic N) is 1. The number of benzene rings is 1. The standard InChI is InChI=1S/C17H17N3O4/c1-11-14(7-9-24-11)17(23)19-18-16(22)12-4-2-5-13(10-12)20-8-3-6-15(20)21/h2,4-5,7,9-10H,3,6,8H2,1H3,(H,18,22)(H,19,23). The number of amides is 3. The highest BCUT2D eigenvalue weighted by Crippen LogP contribution is 2.22. The lowest BCUT2D eigenvalue weighted by Crippen LogP contribution is -2.41. The van der Waals surface area contributed by atoms with E-state index < -0.39 is 11.8 Å². The minimum Gasteiger partial charge on any atom is -0.469 e. The van der Waals surface area contributed by atoms with E-state index in [9.17, 15) is 14.4 Å². The maximum Gasteiger partial charge on any atom is 0.273 e. The summed E-state index contributed by atoms with van der Waals surface area (Å²) >= 11 is 0. The highest BCUT2D eigenvalue weighted by molar-refractivity contribution is 6.01. The molecule has 2 N–H and O–H groups in total. The van der Waals surface area contributed by atoms with Gasteiger partial charge in [-0.2, -0.15) is 0 Å². The summed E-state index contributed by atoms with van der Waals surface area (Å²) in [6, 6.07) is 8.27. The molecule has 1 aromatic carbocycles. The van der Waals surface area contributed by atoms with Crippen molar-refractivity contribution >= 4 is 23.4 Å². The lowest BCUT2D eigenvalue weighted by Gasteiger charge is -2.16. The lowest BCUT2D eigenvalue weighted by atomic mass is 10.2. The Kier molecular flexibility index (Phi) is 4.33. The van der Waals surface area contributed by atoms with E-state index in [1.165, 1.54) is 12.3 Å². The summed E-state index contributed by atoms with van der Waals surface area (Å²) in [4.78, 5) is 37.6. The third-order valence-electron chi connectivity index (χ3n) is 3.89. The molecule has 0 radical (unpaired) electrons. The average Bonchev–Trinajstić information content (AvgIpc) is 3.20. The van der Waals surface area contributed by atoms with Gasteiger partial charge in [-0.15, -0.1) is 0 Å². The van der Waals surface area contributed by atoms with Crippen LogP contribution in [0, 0.1) is 6.92 Å². The fraction of sp³-hybridized carbons (Fsp3) is 0.235. The van der Waals surface area contributed by atoms with Gasteiger partial charge < -0.3 is 9.32 Å². The Morgan fingerprint density at radius 2 is 1.96 bits per heavy atom. The first-order chi connectivity index (χ1) is 11.6. The zero-order valence-electron chi connectivity index (χ0n) is 13.2. The van der Waals surface area contributed by atoms with Crippen LogP contribution in [0.25, 0.3) is 0 Å². The van der Waals surface area contributed by atoms with Crippen molar-refractivity contribution in [1.29, 1.82) is 0 Å². The molecule has 2 heterocycles. The van der Waals surface area contributed by atoms with Crippen LogP contribution in [0.5, 0.6) is 0 Å². The molecular weight excluding hydrogens is 310 g/mol. The van der Waals surface area contributed by atoms with Crippen LogP contribution in [0.2, 0.25) is 0 Å². The number of nitrogens with one attached hydrogen (secondary N) is 2. The first-order valence-corrected chi connectivity index (χ1v) is 7.61. The monoisotopic (exact) mass is 327 g/mol. The summed E-state index contributed by atoms with van der Waals surface area (Å²) in [5.41, 5.74) is 6.10. The minimum atomic E-state index is -0.460. The van der Waals surface area contributed by atoms with Crippen LogP contribution in [0.3, 0.4) is 0 Å². The van der Waals surface area contributed by atoms with Crippen molar-refractivity contribution in [1.82, 2.24) is 10.9 Å². The van der Waals surface area contributed by atoms with Crippen LogP contribution < -0.4 is 15.8 Å². The number of carbonyl (C=O) groups is 3. The van der Waals surface area contributed by atoms with Crippen LogP contribution >= 0.6 is 0 Å². The fourth-order valence-electron chi connectivity index (χ4n) is 2.61. The molecule has 7 nitrogen and oxygen atoms in total. The van der Waals surface area contributed by atoms with E-state index in [0.29, 0.717) is 35.5 Å². The van der Waals surface area contributed by atoms with E-state index in [4.69, 9.17) is 4.42 Å². The largest absolute Gasteiger partial charge is 0.469 e. The maximum absolute atomic E-state index is 12.2. The van der Waals surface area contributed by atoms with Crippen LogP contribution in [-0.4, -0.2) is 24.3 Å². The van der Waals surface area contributed by atoms with Gasteiger partial charge in [-0.05, 0) is 37.6 Å². The van der Waals surface area contributed by atoms with E-state index in [1.54, 1.807) is 36.1 Å². The van der Waals surface area contributed by atoms with E-state index in [1.807, 2.05) is 0 Å². The second kappa shape index (κ2) is 6.57. The van der Waals surface area contributed by atoms with Gasteiger partial charge in [0.2, 0.25) is 5.91 Å². The Hall–Kier alpha value is -3.09. The zero-order valence-corrected chi connectivity index (χ0v) is 13.2. The van der Waals surface area contributed by atoms with E-state index in [-0.39, 0.29) is 5.91 Å². The molecule has 7 heteroatoms. The summed E-state index contributed by atoms with van der Waals surface area (Å²) in [5.74, 6) is -0.397. The second-order valence-electron chi connectivity index (χ2n) is 5.50. The Morgan fingerprint density at radius 1 is 1.17 bits per heavy atom. The van der Waals surface area contributed by atoms with Gasteiger partial charge in [-0.1, -0.05) is 6.07 Å². The van der Waals surface area contributed by atoms with E-state index in [2.05, 4.69) is 10.9 Å². The molecule has 1 aromatic heterocycles. The average molecular weight is 327 g/mol. The van der Waals surface area contributed by atoms with Gasteiger partial charge >= 0.3 is 0 Å². The van der Waals surface area contributed by atoms with E-state index >= 15 is 0 Å². The molecule has 1 aliphatic heterocycles. The number of hydrogen-bond donors (Lipinski definition) is 2. The number of rotatable bonds is 3. The molecule has 3 amide bonds. The Balaban J connectivity index is 1.66. The van der Waals surface area contributed by atoms with Crippen molar-refractivity contribution in [3.63, 3.8) is 0 Å². The van der Waals surface area contributed by atoms with Crippen molar-refractivity contribution in [3.8, 4) is 0 Å². The normalized spacial score (nSPS) is 13.9.